The van der Waals surface area contributed by atoms with Gasteiger partial charge in [-0.3, -0.25) is 0 Å². The van der Waals surface area contributed by atoms with Crippen molar-refractivity contribution in [1.82, 2.24) is 25.0 Å². The van der Waals surface area contributed by atoms with Crippen LogP contribution in [0.15, 0.2) is 64.3 Å². The average molecular weight is 368 g/mol. The molecule has 0 radical (unpaired) electrons. The third-order valence-electron chi connectivity index (χ3n) is 3.60. The molecule has 4 rings (SSSR count). The Bertz CT molecular complexity index is 1030. The van der Waals surface area contributed by atoms with Crippen molar-refractivity contribution in [3.63, 3.8) is 0 Å². The van der Waals surface area contributed by atoms with E-state index in [9.17, 15) is 4.39 Å². The van der Waals surface area contributed by atoms with Gasteiger partial charge in [-0.05, 0) is 24.3 Å². The fraction of sp³-hybridized carbons (Fsp3) is 0.0588. The molecule has 0 spiro atoms. The minimum Gasteiger partial charge on any atom is -0.335 e. The van der Waals surface area contributed by atoms with Gasteiger partial charge in [-0.2, -0.15) is 4.98 Å². The van der Waals surface area contributed by atoms with E-state index in [1.54, 1.807) is 18.2 Å². The second kappa shape index (κ2) is 6.96. The van der Waals surface area contributed by atoms with Gasteiger partial charge in [0.05, 0.1) is 11.3 Å². The third-order valence-corrected chi connectivity index (χ3v) is 4.54. The lowest BCUT2D eigenvalue weighted by molar-refractivity contribution is 0.425. The maximum absolute atomic E-state index is 13.9. The first-order chi connectivity index (χ1) is 12.7. The predicted octanol–water partition coefficient (Wildman–Crippen LogP) is 3.14. The standard InChI is InChI=1S/C17H13FN6OS/c18-13-9-5-4-8-12(13)15-21-22-17(24(15)19)26-10-14-20-16(25-23-14)11-6-2-1-3-7-11/h1-9H,10,19H2. The van der Waals surface area contributed by atoms with E-state index in [1.807, 2.05) is 30.3 Å². The van der Waals surface area contributed by atoms with Crippen LogP contribution < -0.4 is 5.84 Å². The molecule has 7 nitrogen and oxygen atoms in total. The molecule has 0 atom stereocenters. The number of thioether (sulfide) groups is 1. The van der Waals surface area contributed by atoms with Gasteiger partial charge in [-0.25, -0.2) is 9.07 Å². The lowest BCUT2D eigenvalue weighted by Crippen LogP contribution is -2.12. The molecule has 130 valence electrons. The molecule has 9 heteroatoms. The van der Waals surface area contributed by atoms with Crippen LogP contribution in [0, 0.1) is 5.82 Å². The van der Waals surface area contributed by atoms with E-state index in [0.717, 1.165) is 5.56 Å². The van der Waals surface area contributed by atoms with E-state index in [1.165, 1.54) is 22.5 Å². The van der Waals surface area contributed by atoms with Gasteiger partial charge in [-0.1, -0.05) is 47.3 Å². The Morgan fingerprint density at radius 3 is 2.62 bits per heavy atom. The smallest absolute Gasteiger partial charge is 0.257 e. The van der Waals surface area contributed by atoms with Crippen LogP contribution in [0.5, 0.6) is 0 Å². The van der Waals surface area contributed by atoms with Crippen LogP contribution in [0.25, 0.3) is 22.8 Å². The Labute approximate surface area is 152 Å². The van der Waals surface area contributed by atoms with Gasteiger partial charge in [0.15, 0.2) is 11.6 Å². The van der Waals surface area contributed by atoms with E-state index in [0.29, 0.717) is 28.2 Å². The number of hydrogen-bond acceptors (Lipinski definition) is 7. The summed E-state index contributed by atoms with van der Waals surface area (Å²) in [6, 6.07) is 15.8. The molecule has 0 amide bonds. The van der Waals surface area contributed by atoms with Gasteiger partial charge in [0.25, 0.3) is 5.89 Å². The number of nitrogens with two attached hydrogens (primary N) is 1. The summed E-state index contributed by atoms with van der Waals surface area (Å²) in [5.74, 6) is 7.19. The Balaban J connectivity index is 1.50. The summed E-state index contributed by atoms with van der Waals surface area (Å²) in [4.78, 5) is 4.35. The first-order valence-electron chi connectivity index (χ1n) is 7.68. The Kier molecular flexibility index (Phi) is 4.36. The second-order valence-electron chi connectivity index (χ2n) is 5.33. The topological polar surface area (TPSA) is 95.7 Å². The fourth-order valence-electron chi connectivity index (χ4n) is 2.34. The monoisotopic (exact) mass is 368 g/mol. The van der Waals surface area contributed by atoms with Gasteiger partial charge < -0.3 is 10.4 Å². The first kappa shape index (κ1) is 16.3. The minimum absolute atomic E-state index is 0.253. The number of halogens is 1. The zero-order valence-electron chi connectivity index (χ0n) is 13.4. The van der Waals surface area contributed by atoms with Gasteiger partial charge in [0.1, 0.15) is 5.82 Å². The molecule has 2 N–H and O–H groups in total. The first-order valence-corrected chi connectivity index (χ1v) is 8.67. The lowest BCUT2D eigenvalue weighted by Gasteiger charge is -2.03. The van der Waals surface area contributed by atoms with Crippen LogP contribution in [-0.4, -0.2) is 25.0 Å². The van der Waals surface area contributed by atoms with Crippen LogP contribution in [0.4, 0.5) is 4.39 Å². The summed E-state index contributed by atoms with van der Waals surface area (Å²) in [5, 5.41) is 12.4. The summed E-state index contributed by atoms with van der Waals surface area (Å²) < 4.78 is 20.4. The van der Waals surface area contributed by atoms with Gasteiger partial charge >= 0.3 is 0 Å². The van der Waals surface area contributed by atoms with Crippen molar-refractivity contribution in [2.75, 3.05) is 5.84 Å². The molecule has 0 aliphatic carbocycles. The highest BCUT2D eigenvalue weighted by atomic mass is 32.2. The molecule has 4 aromatic rings. The normalized spacial score (nSPS) is 11.0. The average Bonchev–Trinajstić information content (AvgIpc) is 3.28. The van der Waals surface area contributed by atoms with E-state index in [2.05, 4.69) is 20.3 Å². The highest BCUT2D eigenvalue weighted by Crippen LogP contribution is 2.26. The maximum Gasteiger partial charge on any atom is 0.257 e. The highest BCUT2D eigenvalue weighted by molar-refractivity contribution is 7.98. The van der Waals surface area contributed by atoms with E-state index in [4.69, 9.17) is 10.4 Å². The summed E-state index contributed by atoms with van der Waals surface area (Å²) in [5.41, 5.74) is 1.14. The number of nitrogens with zero attached hydrogens (tertiary/aromatic N) is 5. The summed E-state index contributed by atoms with van der Waals surface area (Å²) in [7, 11) is 0. The van der Waals surface area contributed by atoms with E-state index in [-0.39, 0.29) is 5.82 Å². The molecule has 2 aromatic heterocycles. The zero-order valence-corrected chi connectivity index (χ0v) is 14.2. The van der Waals surface area contributed by atoms with Crippen LogP contribution in [-0.2, 0) is 5.75 Å². The van der Waals surface area contributed by atoms with Gasteiger partial charge in [-0.15, -0.1) is 10.2 Å². The molecule has 2 aromatic carbocycles. The fourth-order valence-corrected chi connectivity index (χ4v) is 3.04. The van der Waals surface area contributed by atoms with Crippen molar-refractivity contribution in [1.29, 1.82) is 0 Å². The Hall–Kier alpha value is -3.20. The molecule has 26 heavy (non-hydrogen) atoms. The number of aromatic nitrogens is 5. The summed E-state index contributed by atoms with van der Waals surface area (Å²) in [6.07, 6.45) is 0. The summed E-state index contributed by atoms with van der Waals surface area (Å²) >= 11 is 1.29. The Morgan fingerprint density at radius 2 is 1.81 bits per heavy atom. The quantitative estimate of drug-likeness (QED) is 0.427. The molecule has 0 aliphatic heterocycles. The van der Waals surface area contributed by atoms with Crippen molar-refractivity contribution < 1.29 is 8.91 Å². The van der Waals surface area contributed by atoms with Crippen LogP contribution in [0.1, 0.15) is 5.82 Å². The third kappa shape index (κ3) is 3.16. The van der Waals surface area contributed by atoms with Gasteiger partial charge in [0, 0.05) is 5.56 Å². The molecule has 0 bridgehead atoms. The SMILES string of the molecule is Nn1c(SCc2noc(-c3ccccc3)n2)nnc1-c1ccccc1F. The van der Waals surface area contributed by atoms with E-state index < -0.39 is 5.82 Å². The maximum atomic E-state index is 13.9. The molecule has 0 saturated heterocycles. The predicted molar refractivity (Wildman–Crippen MR) is 94.9 cm³/mol. The molecule has 0 aliphatic rings. The minimum atomic E-state index is -0.408. The van der Waals surface area contributed by atoms with Crippen molar-refractivity contribution in [3.8, 4) is 22.8 Å². The molecule has 0 saturated carbocycles. The molecule has 2 heterocycles. The van der Waals surface area contributed by atoms with Crippen LogP contribution >= 0.6 is 11.8 Å². The second-order valence-corrected chi connectivity index (χ2v) is 6.27. The Morgan fingerprint density at radius 1 is 1.04 bits per heavy atom. The van der Waals surface area contributed by atoms with Crippen molar-refractivity contribution in [3.05, 3.63) is 66.2 Å². The zero-order chi connectivity index (χ0) is 17.9. The number of nitrogen functional groups attached to an aromatic ring is 1. The van der Waals surface area contributed by atoms with Crippen LogP contribution in [0.3, 0.4) is 0 Å². The van der Waals surface area contributed by atoms with Crippen molar-refractivity contribution >= 4 is 11.8 Å². The molecule has 0 fully saturated rings. The van der Waals surface area contributed by atoms with Crippen molar-refractivity contribution in [2.24, 2.45) is 0 Å². The van der Waals surface area contributed by atoms with Crippen LogP contribution in [0.2, 0.25) is 0 Å². The number of benzene rings is 2. The number of rotatable bonds is 5. The molecular formula is C17H13FN6OS. The largest absolute Gasteiger partial charge is 0.335 e. The summed E-state index contributed by atoms with van der Waals surface area (Å²) in [6.45, 7) is 0. The van der Waals surface area contributed by atoms with Gasteiger partial charge in [0.2, 0.25) is 5.16 Å². The number of hydrogen-bond donors (Lipinski definition) is 1. The lowest BCUT2D eigenvalue weighted by atomic mass is 10.2. The van der Waals surface area contributed by atoms with E-state index >= 15 is 0 Å². The molecule has 0 unspecified atom stereocenters. The van der Waals surface area contributed by atoms with Crippen molar-refractivity contribution in [2.45, 2.75) is 10.9 Å². The highest BCUT2D eigenvalue weighted by Gasteiger charge is 2.16. The molecular weight excluding hydrogens is 355 g/mol.